The average molecular weight is 295 g/mol. The van der Waals surface area contributed by atoms with Crippen molar-refractivity contribution in [1.82, 2.24) is 9.97 Å². The van der Waals surface area contributed by atoms with Gasteiger partial charge in [-0.2, -0.15) is 4.98 Å². The van der Waals surface area contributed by atoms with Gasteiger partial charge in [-0.3, -0.25) is 10.1 Å². The SMILES string of the molecule is CCCNc1nc(C)c([N+](=O)[O-])c(N2CCC(C)(O)C2)n1. The fourth-order valence-electron chi connectivity index (χ4n) is 2.43. The monoisotopic (exact) mass is 295 g/mol. The molecule has 1 aliphatic heterocycles. The second-order valence-corrected chi connectivity index (χ2v) is 5.66. The Hall–Kier alpha value is -1.96. The van der Waals surface area contributed by atoms with Crippen molar-refractivity contribution in [2.45, 2.75) is 39.2 Å². The summed E-state index contributed by atoms with van der Waals surface area (Å²) in [6.07, 6.45) is 1.47. The first-order chi connectivity index (χ1) is 9.84. The summed E-state index contributed by atoms with van der Waals surface area (Å²) in [6.45, 7) is 6.92. The molecule has 1 unspecified atom stereocenters. The molecule has 21 heavy (non-hydrogen) atoms. The molecular formula is C13H21N5O3. The molecule has 0 amide bonds. The lowest BCUT2D eigenvalue weighted by Crippen LogP contribution is -2.30. The van der Waals surface area contributed by atoms with Gasteiger partial charge in [-0.1, -0.05) is 6.92 Å². The zero-order chi connectivity index (χ0) is 15.6. The third-order valence-corrected chi connectivity index (χ3v) is 3.51. The molecule has 1 aliphatic rings. The van der Waals surface area contributed by atoms with Gasteiger partial charge in [-0.15, -0.1) is 0 Å². The Morgan fingerprint density at radius 1 is 1.52 bits per heavy atom. The predicted molar refractivity (Wildman–Crippen MR) is 79.7 cm³/mol. The van der Waals surface area contributed by atoms with Crippen molar-refractivity contribution in [1.29, 1.82) is 0 Å². The maximum atomic E-state index is 11.3. The van der Waals surface area contributed by atoms with Crippen molar-refractivity contribution >= 4 is 17.5 Å². The van der Waals surface area contributed by atoms with Gasteiger partial charge in [0.25, 0.3) is 0 Å². The van der Waals surface area contributed by atoms with Crippen LogP contribution in [0, 0.1) is 17.0 Å². The van der Waals surface area contributed by atoms with E-state index in [4.69, 9.17) is 0 Å². The molecule has 1 aromatic heterocycles. The lowest BCUT2D eigenvalue weighted by atomic mass is 10.1. The number of nitrogens with zero attached hydrogens (tertiary/aromatic N) is 4. The van der Waals surface area contributed by atoms with Gasteiger partial charge in [0.05, 0.1) is 10.5 Å². The van der Waals surface area contributed by atoms with Crippen LogP contribution in [0.1, 0.15) is 32.4 Å². The van der Waals surface area contributed by atoms with Gasteiger partial charge in [-0.05, 0) is 26.7 Å². The van der Waals surface area contributed by atoms with E-state index in [0.29, 0.717) is 37.7 Å². The van der Waals surface area contributed by atoms with E-state index in [9.17, 15) is 15.2 Å². The third-order valence-electron chi connectivity index (χ3n) is 3.51. The highest BCUT2D eigenvalue weighted by atomic mass is 16.6. The number of β-amino-alcohol motifs (C(OH)–C–C–N with tert-alkyl or cyclic N) is 1. The molecule has 2 N–H and O–H groups in total. The number of hydrogen-bond acceptors (Lipinski definition) is 7. The molecule has 2 rings (SSSR count). The summed E-state index contributed by atoms with van der Waals surface area (Å²) >= 11 is 0. The first kappa shape index (κ1) is 15.4. The van der Waals surface area contributed by atoms with Crippen molar-refractivity contribution in [2.24, 2.45) is 0 Å². The third kappa shape index (κ3) is 3.38. The van der Waals surface area contributed by atoms with E-state index in [1.165, 1.54) is 0 Å². The quantitative estimate of drug-likeness (QED) is 0.626. The normalized spacial score (nSPS) is 21.6. The standard InChI is InChI=1S/C13H21N5O3/c1-4-6-14-12-15-9(2)10(18(20)21)11(16-12)17-7-5-13(3,19)8-17/h19H,4-8H2,1-3H3,(H,14,15,16). The number of aromatic nitrogens is 2. The van der Waals surface area contributed by atoms with Crippen LogP contribution in [0.4, 0.5) is 17.5 Å². The Morgan fingerprint density at radius 2 is 2.24 bits per heavy atom. The minimum atomic E-state index is -0.844. The Balaban J connectivity index is 2.40. The minimum absolute atomic E-state index is 0.0882. The molecule has 0 radical (unpaired) electrons. The Kier molecular flexibility index (Phi) is 4.26. The number of anilines is 2. The fraction of sp³-hybridized carbons (Fsp3) is 0.692. The van der Waals surface area contributed by atoms with E-state index in [1.807, 2.05) is 6.92 Å². The molecule has 8 nitrogen and oxygen atoms in total. The van der Waals surface area contributed by atoms with Gasteiger partial charge in [0.2, 0.25) is 11.8 Å². The number of nitrogens with one attached hydrogen (secondary N) is 1. The molecule has 1 saturated heterocycles. The predicted octanol–water partition coefficient (Wildman–Crippen LogP) is 1.48. The van der Waals surface area contributed by atoms with Crippen LogP contribution >= 0.6 is 0 Å². The molecule has 8 heteroatoms. The molecule has 0 spiro atoms. The smallest absolute Gasteiger partial charge is 0.332 e. The van der Waals surface area contributed by atoms with Crippen LogP contribution in [0.3, 0.4) is 0 Å². The highest BCUT2D eigenvalue weighted by Crippen LogP contribution is 2.34. The molecule has 0 aliphatic carbocycles. The molecule has 0 saturated carbocycles. The summed E-state index contributed by atoms with van der Waals surface area (Å²) in [5, 5.41) is 24.4. The van der Waals surface area contributed by atoms with Crippen LogP contribution in [-0.4, -0.2) is 45.2 Å². The van der Waals surface area contributed by atoms with Gasteiger partial charge in [0.15, 0.2) is 0 Å². The number of hydrogen-bond donors (Lipinski definition) is 2. The summed E-state index contributed by atoms with van der Waals surface area (Å²) in [5.74, 6) is 0.672. The minimum Gasteiger partial charge on any atom is -0.388 e. The first-order valence-electron chi connectivity index (χ1n) is 7.08. The van der Waals surface area contributed by atoms with Crippen molar-refractivity contribution in [3.63, 3.8) is 0 Å². The lowest BCUT2D eigenvalue weighted by Gasteiger charge is -2.20. The summed E-state index contributed by atoms with van der Waals surface area (Å²) in [5.41, 5.74) is -0.603. The van der Waals surface area contributed by atoms with Crippen LogP contribution in [0.25, 0.3) is 0 Å². The highest BCUT2D eigenvalue weighted by molar-refractivity contribution is 5.63. The molecule has 0 aromatic carbocycles. The van der Waals surface area contributed by atoms with Crippen molar-refractivity contribution in [3.05, 3.63) is 15.8 Å². The van der Waals surface area contributed by atoms with Gasteiger partial charge < -0.3 is 15.3 Å². The fourth-order valence-corrected chi connectivity index (χ4v) is 2.43. The summed E-state index contributed by atoms with van der Waals surface area (Å²) in [6, 6.07) is 0. The summed E-state index contributed by atoms with van der Waals surface area (Å²) in [7, 11) is 0. The van der Waals surface area contributed by atoms with Gasteiger partial charge in [0.1, 0.15) is 5.69 Å². The van der Waals surface area contributed by atoms with E-state index in [0.717, 1.165) is 6.42 Å². The Bertz CT molecular complexity index is 547. The Morgan fingerprint density at radius 3 is 2.76 bits per heavy atom. The van der Waals surface area contributed by atoms with Gasteiger partial charge >= 0.3 is 5.69 Å². The van der Waals surface area contributed by atoms with Crippen molar-refractivity contribution < 1.29 is 10.0 Å². The number of nitro groups is 1. The van der Waals surface area contributed by atoms with Crippen LogP contribution in [0.5, 0.6) is 0 Å². The van der Waals surface area contributed by atoms with E-state index in [1.54, 1.807) is 18.7 Å². The van der Waals surface area contributed by atoms with E-state index >= 15 is 0 Å². The second-order valence-electron chi connectivity index (χ2n) is 5.66. The average Bonchev–Trinajstić information content (AvgIpc) is 2.75. The van der Waals surface area contributed by atoms with Crippen molar-refractivity contribution in [3.8, 4) is 0 Å². The number of rotatable bonds is 5. The van der Waals surface area contributed by atoms with Crippen LogP contribution in [0.15, 0.2) is 0 Å². The highest BCUT2D eigenvalue weighted by Gasteiger charge is 2.36. The molecule has 1 fully saturated rings. The zero-order valence-corrected chi connectivity index (χ0v) is 12.6. The van der Waals surface area contributed by atoms with E-state index in [-0.39, 0.29) is 11.5 Å². The van der Waals surface area contributed by atoms with Gasteiger partial charge in [-0.25, -0.2) is 4.98 Å². The maximum Gasteiger partial charge on any atom is 0.332 e. The molecule has 2 heterocycles. The molecule has 116 valence electrons. The molecular weight excluding hydrogens is 274 g/mol. The first-order valence-corrected chi connectivity index (χ1v) is 7.08. The van der Waals surface area contributed by atoms with E-state index < -0.39 is 10.5 Å². The Labute approximate surface area is 123 Å². The second kappa shape index (κ2) is 5.80. The van der Waals surface area contributed by atoms with Crippen LogP contribution in [0.2, 0.25) is 0 Å². The molecule has 0 bridgehead atoms. The van der Waals surface area contributed by atoms with Gasteiger partial charge in [0, 0.05) is 19.6 Å². The number of aliphatic hydroxyl groups is 1. The lowest BCUT2D eigenvalue weighted by molar-refractivity contribution is -0.385. The molecule has 1 aromatic rings. The van der Waals surface area contributed by atoms with Crippen LogP contribution in [-0.2, 0) is 0 Å². The number of aryl methyl sites for hydroxylation is 1. The molecule has 1 atom stereocenters. The van der Waals surface area contributed by atoms with E-state index in [2.05, 4.69) is 15.3 Å². The zero-order valence-electron chi connectivity index (χ0n) is 12.6. The van der Waals surface area contributed by atoms with Crippen LogP contribution < -0.4 is 10.2 Å². The topological polar surface area (TPSA) is 104 Å². The maximum absolute atomic E-state index is 11.3. The summed E-state index contributed by atoms with van der Waals surface area (Å²) in [4.78, 5) is 21.0. The largest absolute Gasteiger partial charge is 0.388 e. The summed E-state index contributed by atoms with van der Waals surface area (Å²) < 4.78 is 0. The van der Waals surface area contributed by atoms with Crippen molar-refractivity contribution in [2.75, 3.05) is 29.9 Å².